The van der Waals surface area contributed by atoms with Crippen molar-refractivity contribution >= 4 is 58.9 Å². The van der Waals surface area contributed by atoms with E-state index in [0.29, 0.717) is 39.9 Å². The van der Waals surface area contributed by atoms with Crippen molar-refractivity contribution in [3.05, 3.63) is 72.7 Å². The molecule has 0 bridgehead atoms. The van der Waals surface area contributed by atoms with E-state index in [-0.39, 0.29) is 30.8 Å². The summed E-state index contributed by atoms with van der Waals surface area (Å²) in [7, 11) is -5.83. The molecule has 5 heterocycles. The fourth-order valence-electron chi connectivity index (χ4n) is 10.3. The highest BCUT2D eigenvalue weighted by atomic mass is 31.2. The topological polar surface area (TPSA) is 117 Å². The van der Waals surface area contributed by atoms with Crippen molar-refractivity contribution in [3.63, 3.8) is 0 Å². The molecule has 308 valence electrons. The molecule has 0 saturated carbocycles. The zero-order chi connectivity index (χ0) is 40.5. The van der Waals surface area contributed by atoms with Crippen LogP contribution in [-0.4, -0.2) is 93.1 Å². The third-order valence-corrected chi connectivity index (χ3v) is 25.2. The molecule has 1 amide bonds. The van der Waals surface area contributed by atoms with Gasteiger partial charge in [0.15, 0.2) is 5.82 Å². The van der Waals surface area contributed by atoms with Crippen molar-refractivity contribution in [2.45, 2.75) is 146 Å². The van der Waals surface area contributed by atoms with Crippen LogP contribution in [0.15, 0.2) is 72.0 Å². The highest BCUT2D eigenvalue weighted by Gasteiger charge is 2.56. The Bertz CT molecular complexity index is 1800. The van der Waals surface area contributed by atoms with Crippen LogP contribution in [0.3, 0.4) is 0 Å². The lowest BCUT2D eigenvalue weighted by atomic mass is 9.94. The number of nitrogens with one attached hydrogen (secondary N) is 1. The van der Waals surface area contributed by atoms with Gasteiger partial charge in [0.25, 0.3) is 8.53 Å². The minimum absolute atomic E-state index is 0.0454. The lowest BCUT2D eigenvalue weighted by Crippen LogP contribution is -2.58. The van der Waals surface area contributed by atoms with Gasteiger partial charge in [-0.1, -0.05) is 126 Å². The van der Waals surface area contributed by atoms with E-state index in [1.807, 2.05) is 6.21 Å². The first kappa shape index (κ1) is 42.4. The highest BCUT2D eigenvalue weighted by Crippen LogP contribution is 2.59. The number of aliphatic imine (C=N–C) groups is 1. The van der Waals surface area contributed by atoms with Gasteiger partial charge < -0.3 is 28.3 Å². The number of anilines is 1. The van der Waals surface area contributed by atoms with Gasteiger partial charge in [0.2, 0.25) is 14.2 Å². The lowest BCUT2D eigenvalue weighted by Gasteiger charge is -2.42. The summed E-state index contributed by atoms with van der Waals surface area (Å²) in [5.41, 5.74) is 2.48. The maximum atomic E-state index is 12.1. The largest absolute Gasteiger partial charge is 0.394 e. The molecule has 4 aliphatic heterocycles. The number of ether oxygens (including phenoxy) is 2. The number of carbonyl (C=O) groups is 1. The molecular weight excluding hydrogens is 770 g/mol. The average molecular weight is 832 g/mol. The van der Waals surface area contributed by atoms with Crippen molar-refractivity contribution in [2.75, 3.05) is 18.7 Å². The Balaban J connectivity index is 1.19. The minimum atomic E-state index is -2.24. The number of carbonyl (C=O) groups excluding carboxylic acids is 1. The molecule has 3 fully saturated rings. The molecule has 0 spiro atoms. The summed E-state index contributed by atoms with van der Waals surface area (Å²) in [5, 5.41) is 5.65. The molecule has 1 aromatic heterocycles. The van der Waals surface area contributed by atoms with Gasteiger partial charge in [0.1, 0.15) is 45.2 Å². The number of hydrogen-bond acceptors (Lipinski definition) is 10. The molecule has 0 aliphatic carbocycles. The summed E-state index contributed by atoms with van der Waals surface area (Å²) in [6.45, 7) is 20.9. The SMILES string of the molecule is CC[C@H]1O[C@@H](C2C=Nc3c(NC(C)=O)ncnc32)[C@@H](OCO[Si](C(C)C)(C(C)C)C(C)C)C1O[P@@]1O[C@H](C[Si](C)(c2ccccc2)c2ccccc2)[C@@H]2CCCN21. The molecular formula is C43H62N5O6PSi2. The van der Waals surface area contributed by atoms with E-state index in [0.717, 1.165) is 31.9 Å². The van der Waals surface area contributed by atoms with E-state index in [1.165, 1.54) is 23.6 Å². The van der Waals surface area contributed by atoms with Crippen molar-refractivity contribution in [1.29, 1.82) is 0 Å². The van der Waals surface area contributed by atoms with Crippen LogP contribution in [0.1, 0.15) is 86.3 Å². The lowest BCUT2D eigenvalue weighted by molar-refractivity contribution is -0.114. The molecule has 1 N–H and O–H groups in total. The maximum absolute atomic E-state index is 12.1. The zero-order valence-corrected chi connectivity index (χ0v) is 38.0. The first-order valence-electron chi connectivity index (χ1n) is 21.0. The van der Waals surface area contributed by atoms with E-state index in [9.17, 15) is 4.79 Å². The molecule has 11 nitrogen and oxygen atoms in total. The zero-order valence-electron chi connectivity index (χ0n) is 35.1. The van der Waals surface area contributed by atoms with Crippen molar-refractivity contribution in [3.8, 4) is 0 Å². The van der Waals surface area contributed by atoms with Crippen LogP contribution in [-0.2, 0) is 27.7 Å². The standard InChI is InChI=1S/C43H62N5O6PSi2/c1-10-36-41(54-55-48-23-17-22-35(48)37(53-55)25-56(9,32-18-13-11-14-19-32)33-20-15-12-16-21-33)42(50-27-51-57(28(2)3,29(4)5)30(6)7)40(52-36)34-24-44-39-38(34)45-26-46-43(39)47-31(8)49/h11-16,18-21,24,26,28-30,34-37,40-42H,10,17,22-23,25,27H2,1-9H3,(H,45,46,47,49)/t34?,35-,36+,37+,40-,41?,42+,55+/m0/s1. The molecule has 14 heteroatoms. The van der Waals surface area contributed by atoms with Crippen LogP contribution >= 0.6 is 8.53 Å². The van der Waals surface area contributed by atoms with Crippen LogP contribution in [0.5, 0.6) is 0 Å². The van der Waals surface area contributed by atoms with Gasteiger partial charge in [0.05, 0.1) is 23.8 Å². The summed E-state index contributed by atoms with van der Waals surface area (Å²) in [6, 6.07) is 23.3. The predicted molar refractivity (Wildman–Crippen MR) is 233 cm³/mol. The van der Waals surface area contributed by atoms with Crippen LogP contribution in [0, 0.1) is 0 Å². The molecule has 0 radical (unpaired) electrons. The summed E-state index contributed by atoms with van der Waals surface area (Å²) >= 11 is 0. The van der Waals surface area contributed by atoms with E-state index in [1.54, 1.807) is 0 Å². The molecule has 3 aromatic rings. The maximum Gasteiger partial charge on any atom is 0.259 e. The monoisotopic (exact) mass is 831 g/mol. The Labute approximate surface area is 342 Å². The van der Waals surface area contributed by atoms with Gasteiger partial charge in [-0.25, -0.2) is 14.6 Å². The van der Waals surface area contributed by atoms with E-state index in [2.05, 4.69) is 136 Å². The second-order valence-corrected chi connectivity index (χ2v) is 28.4. The molecule has 2 aromatic carbocycles. The van der Waals surface area contributed by atoms with Gasteiger partial charge in [-0.2, -0.15) is 0 Å². The molecule has 3 saturated heterocycles. The van der Waals surface area contributed by atoms with Gasteiger partial charge in [-0.15, -0.1) is 0 Å². The number of benzene rings is 2. The fraction of sp³-hybridized carbons (Fsp3) is 0.581. The van der Waals surface area contributed by atoms with E-state index < -0.39 is 43.2 Å². The number of fused-ring (bicyclic) bond motifs is 2. The normalized spacial score (nSPS) is 27.5. The fourth-order valence-corrected chi connectivity index (χ4v) is 21.5. The van der Waals surface area contributed by atoms with Crippen LogP contribution in [0.4, 0.5) is 11.5 Å². The molecule has 8 atom stereocenters. The Morgan fingerprint density at radius 2 is 1.60 bits per heavy atom. The van der Waals surface area contributed by atoms with E-state index in [4.69, 9.17) is 27.9 Å². The Morgan fingerprint density at radius 3 is 2.19 bits per heavy atom. The van der Waals surface area contributed by atoms with Gasteiger partial charge in [-0.3, -0.25) is 9.79 Å². The van der Waals surface area contributed by atoms with Crippen molar-refractivity contribution in [1.82, 2.24) is 14.6 Å². The first-order valence-corrected chi connectivity index (χ1v) is 27.0. The van der Waals surface area contributed by atoms with E-state index >= 15 is 0 Å². The summed E-state index contributed by atoms with van der Waals surface area (Å²) in [5.74, 6) is -0.161. The second-order valence-electron chi connectivity index (χ2n) is 17.3. The summed E-state index contributed by atoms with van der Waals surface area (Å²) < 4.78 is 37.9. The quantitative estimate of drug-likeness (QED) is 0.0865. The van der Waals surface area contributed by atoms with Crippen molar-refractivity contribution < 1.29 is 27.7 Å². The van der Waals surface area contributed by atoms with Crippen molar-refractivity contribution in [2.24, 2.45) is 4.99 Å². The van der Waals surface area contributed by atoms with Crippen LogP contribution in [0.2, 0.25) is 29.2 Å². The predicted octanol–water partition coefficient (Wildman–Crippen LogP) is 8.32. The smallest absolute Gasteiger partial charge is 0.259 e. The highest BCUT2D eigenvalue weighted by molar-refractivity contribution is 7.45. The summed E-state index contributed by atoms with van der Waals surface area (Å²) in [6.07, 6.45) is 4.70. The van der Waals surface area contributed by atoms with Gasteiger partial charge in [0, 0.05) is 25.7 Å². The Kier molecular flexibility index (Phi) is 13.3. The van der Waals surface area contributed by atoms with Gasteiger partial charge >= 0.3 is 0 Å². The van der Waals surface area contributed by atoms with Crippen LogP contribution < -0.4 is 15.7 Å². The third kappa shape index (κ3) is 8.26. The molecule has 4 aliphatic rings. The summed E-state index contributed by atoms with van der Waals surface area (Å²) in [4.78, 5) is 25.8. The molecule has 7 rings (SSSR count). The number of rotatable bonds is 16. The molecule has 2 unspecified atom stereocenters. The molecule has 57 heavy (non-hydrogen) atoms. The first-order chi connectivity index (χ1) is 27.4. The van der Waals surface area contributed by atoms with Gasteiger partial charge in [-0.05, 0) is 41.9 Å². The average Bonchev–Trinajstić information content (AvgIpc) is 3.98. The number of nitrogens with zero attached hydrogens (tertiary/aromatic N) is 4. The Morgan fingerprint density at radius 1 is 0.947 bits per heavy atom. The minimum Gasteiger partial charge on any atom is -0.394 e. The number of aromatic nitrogens is 2. The second kappa shape index (κ2) is 17.9. The Hall–Kier alpha value is -2.72. The third-order valence-electron chi connectivity index (χ3n) is 13.0. The van der Waals surface area contributed by atoms with Crippen LogP contribution in [0.25, 0.3) is 0 Å². The number of amides is 1. The number of hydrogen-bond donors (Lipinski definition) is 1.